The van der Waals surface area contributed by atoms with Gasteiger partial charge in [0.15, 0.2) is 0 Å². The highest BCUT2D eigenvalue weighted by atomic mass is 16.5. The number of hydrogen-bond acceptors (Lipinski definition) is 5. The number of amides is 1. The molecular weight excluding hydrogens is 430 g/mol. The first kappa shape index (κ1) is 29.7. The number of esters is 2. The molecule has 0 aliphatic rings. The summed E-state index contributed by atoms with van der Waals surface area (Å²) in [4.78, 5) is 34.4. The number of unbranched alkanes of at least 4 members (excludes halogenated alkanes) is 10. The molecule has 1 aromatic carbocycles. The van der Waals surface area contributed by atoms with E-state index in [4.69, 9.17) is 9.47 Å². The zero-order valence-corrected chi connectivity index (χ0v) is 21.5. The highest BCUT2D eigenvalue weighted by Gasteiger charge is 2.33. The van der Waals surface area contributed by atoms with Gasteiger partial charge in [-0.05, 0) is 24.8 Å². The summed E-state index contributed by atoms with van der Waals surface area (Å²) in [7, 11) is 0. The SMILES string of the molecule is CC(=O)NC(CCCCCCCCCCCCCc1ccccc1)(COC(C)=O)COC(C)=O. The van der Waals surface area contributed by atoms with Crippen molar-refractivity contribution in [1.82, 2.24) is 5.32 Å². The van der Waals surface area contributed by atoms with Crippen LogP contribution in [-0.4, -0.2) is 36.6 Å². The van der Waals surface area contributed by atoms with Gasteiger partial charge in [-0.2, -0.15) is 0 Å². The lowest BCUT2D eigenvalue weighted by Gasteiger charge is -2.33. The Morgan fingerprint density at radius 3 is 1.56 bits per heavy atom. The van der Waals surface area contributed by atoms with Crippen molar-refractivity contribution in [3.8, 4) is 0 Å². The third kappa shape index (κ3) is 15.5. The van der Waals surface area contributed by atoms with Gasteiger partial charge < -0.3 is 14.8 Å². The first-order valence-electron chi connectivity index (χ1n) is 12.9. The molecule has 6 nitrogen and oxygen atoms in total. The molecule has 1 N–H and O–H groups in total. The lowest BCUT2D eigenvalue weighted by atomic mass is 9.92. The average Bonchev–Trinajstić information content (AvgIpc) is 2.79. The summed E-state index contributed by atoms with van der Waals surface area (Å²) in [5, 5.41) is 2.86. The van der Waals surface area contributed by atoms with E-state index in [-0.39, 0.29) is 19.1 Å². The van der Waals surface area contributed by atoms with E-state index in [1.807, 2.05) is 0 Å². The molecule has 0 saturated heterocycles. The molecule has 0 fully saturated rings. The molecule has 1 rings (SSSR count). The van der Waals surface area contributed by atoms with Crippen molar-refractivity contribution < 1.29 is 23.9 Å². The number of ether oxygens (including phenoxy) is 2. The van der Waals surface area contributed by atoms with Crippen molar-refractivity contribution in [2.75, 3.05) is 13.2 Å². The van der Waals surface area contributed by atoms with Crippen LogP contribution >= 0.6 is 0 Å². The number of benzene rings is 1. The van der Waals surface area contributed by atoms with Crippen LogP contribution in [0, 0.1) is 0 Å². The first-order valence-corrected chi connectivity index (χ1v) is 12.9. The Morgan fingerprint density at radius 2 is 1.12 bits per heavy atom. The third-order valence-corrected chi connectivity index (χ3v) is 6.01. The molecule has 6 heteroatoms. The topological polar surface area (TPSA) is 81.7 Å². The zero-order chi connectivity index (χ0) is 25.1. The Morgan fingerprint density at radius 1 is 0.676 bits per heavy atom. The van der Waals surface area contributed by atoms with E-state index in [0.29, 0.717) is 6.42 Å². The summed E-state index contributed by atoms with van der Waals surface area (Å²) in [6.45, 7) is 4.07. The van der Waals surface area contributed by atoms with Crippen LogP contribution in [0.15, 0.2) is 30.3 Å². The minimum absolute atomic E-state index is 0.000538. The van der Waals surface area contributed by atoms with E-state index in [2.05, 4.69) is 35.6 Å². The maximum Gasteiger partial charge on any atom is 0.302 e. The van der Waals surface area contributed by atoms with Gasteiger partial charge in [0, 0.05) is 20.8 Å². The van der Waals surface area contributed by atoms with Crippen molar-refractivity contribution in [1.29, 1.82) is 0 Å². The van der Waals surface area contributed by atoms with Gasteiger partial charge in [-0.1, -0.05) is 94.5 Å². The van der Waals surface area contributed by atoms with E-state index in [1.165, 1.54) is 84.1 Å². The number of carbonyl (C=O) groups is 3. The summed E-state index contributed by atoms with van der Waals surface area (Å²) in [6, 6.07) is 10.7. The summed E-state index contributed by atoms with van der Waals surface area (Å²) < 4.78 is 10.4. The molecule has 0 unspecified atom stereocenters. The highest BCUT2D eigenvalue weighted by Crippen LogP contribution is 2.19. The Kier molecular flexibility index (Phi) is 15.7. The quantitative estimate of drug-likeness (QED) is 0.199. The van der Waals surface area contributed by atoms with Gasteiger partial charge in [-0.15, -0.1) is 0 Å². The fraction of sp³-hybridized carbons (Fsp3) is 0.679. The first-order chi connectivity index (χ1) is 16.3. The second-order valence-electron chi connectivity index (χ2n) is 9.40. The fourth-order valence-corrected chi connectivity index (χ4v) is 4.20. The molecule has 0 saturated carbocycles. The molecule has 1 aromatic rings. The van der Waals surface area contributed by atoms with Gasteiger partial charge in [-0.3, -0.25) is 14.4 Å². The lowest BCUT2D eigenvalue weighted by Crippen LogP contribution is -2.55. The number of aryl methyl sites for hydroxylation is 1. The summed E-state index contributed by atoms with van der Waals surface area (Å²) >= 11 is 0. The van der Waals surface area contributed by atoms with Crippen LogP contribution in [0.4, 0.5) is 0 Å². The second-order valence-corrected chi connectivity index (χ2v) is 9.40. The molecule has 0 aliphatic heterocycles. The van der Waals surface area contributed by atoms with Gasteiger partial charge in [0.2, 0.25) is 5.91 Å². The normalized spacial score (nSPS) is 11.1. The van der Waals surface area contributed by atoms with Gasteiger partial charge in [0.1, 0.15) is 18.8 Å². The van der Waals surface area contributed by atoms with Crippen LogP contribution in [0.25, 0.3) is 0 Å². The molecular formula is C28H45NO5. The predicted molar refractivity (Wildman–Crippen MR) is 135 cm³/mol. The van der Waals surface area contributed by atoms with Gasteiger partial charge in [-0.25, -0.2) is 0 Å². The molecule has 0 heterocycles. The lowest BCUT2D eigenvalue weighted by molar-refractivity contribution is -0.150. The second kappa shape index (κ2) is 18.0. The number of carbonyl (C=O) groups excluding carboxylic acids is 3. The summed E-state index contributed by atoms with van der Waals surface area (Å²) in [6.07, 6.45) is 15.1. The molecule has 0 radical (unpaired) electrons. The number of hydrogen-bond donors (Lipinski definition) is 1. The minimum Gasteiger partial charge on any atom is -0.463 e. The monoisotopic (exact) mass is 475 g/mol. The van der Waals surface area contributed by atoms with E-state index in [0.717, 1.165) is 19.3 Å². The Bertz CT molecular complexity index is 686. The van der Waals surface area contributed by atoms with Crippen LogP contribution in [0.1, 0.15) is 103 Å². The third-order valence-electron chi connectivity index (χ3n) is 6.01. The summed E-state index contributed by atoms with van der Waals surface area (Å²) in [5.74, 6) is -1.08. The van der Waals surface area contributed by atoms with Crippen LogP contribution in [0.3, 0.4) is 0 Å². The maximum atomic E-state index is 11.7. The van der Waals surface area contributed by atoms with E-state index in [1.54, 1.807) is 0 Å². The number of rotatable bonds is 19. The van der Waals surface area contributed by atoms with Crippen molar-refractivity contribution >= 4 is 17.8 Å². The molecule has 0 atom stereocenters. The average molecular weight is 476 g/mol. The minimum atomic E-state index is -0.871. The predicted octanol–water partition coefficient (Wildman–Crippen LogP) is 5.91. The van der Waals surface area contributed by atoms with Crippen molar-refractivity contribution in [3.63, 3.8) is 0 Å². The molecule has 0 aromatic heterocycles. The van der Waals surface area contributed by atoms with Gasteiger partial charge in [0.25, 0.3) is 0 Å². The number of nitrogens with one attached hydrogen (secondary N) is 1. The Labute approximate surface area is 206 Å². The van der Waals surface area contributed by atoms with E-state index in [9.17, 15) is 14.4 Å². The van der Waals surface area contributed by atoms with Crippen molar-refractivity contribution in [2.45, 2.75) is 110 Å². The highest BCUT2D eigenvalue weighted by molar-refractivity contribution is 5.74. The molecule has 1 amide bonds. The van der Waals surface area contributed by atoms with E-state index >= 15 is 0 Å². The Hall–Kier alpha value is -2.37. The van der Waals surface area contributed by atoms with Gasteiger partial charge >= 0.3 is 11.9 Å². The van der Waals surface area contributed by atoms with Gasteiger partial charge in [0.05, 0.1) is 0 Å². The van der Waals surface area contributed by atoms with E-state index < -0.39 is 17.5 Å². The fourth-order valence-electron chi connectivity index (χ4n) is 4.20. The standard InChI is InChI=1S/C28H45NO5/c1-24(30)29-28(22-33-25(2)31,23-34-26(3)32)21-17-12-10-8-6-4-5-7-9-11-14-18-27-19-15-13-16-20-27/h13,15-16,19-20H,4-12,14,17-18,21-23H2,1-3H3,(H,29,30). The molecule has 0 bridgehead atoms. The largest absolute Gasteiger partial charge is 0.463 e. The smallest absolute Gasteiger partial charge is 0.302 e. The summed E-state index contributed by atoms with van der Waals surface area (Å²) in [5.41, 5.74) is 0.568. The van der Waals surface area contributed by atoms with Crippen LogP contribution in [-0.2, 0) is 30.3 Å². The Balaban J connectivity index is 2.15. The maximum absolute atomic E-state index is 11.7. The van der Waals surface area contributed by atoms with Crippen molar-refractivity contribution in [3.05, 3.63) is 35.9 Å². The molecule has 34 heavy (non-hydrogen) atoms. The zero-order valence-electron chi connectivity index (χ0n) is 21.5. The van der Waals surface area contributed by atoms with Crippen molar-refractivity contribution in [2.24, 2.45) is 0 Å². The van der Waals surface area contributed by atoms with Crippen LogP contribution in [0.5, 0.6) is 0 Å². The van der Waals surface area contributed by atoms with Crippen LogP contribution < -0.4 is 5.32 Å². The molecule has 192 valence electrons. The molecule has 0 spiro atoms. The molecule has 0 aliphatic carbocycles. The van der Waals surface area contributed by atoms with Crippen LogP contribution in [0.2, 0.25) is 0 Å².